The lowest BCUT2D eigenvalue weighted by Crippen LogP contribution is -2.23. The Bertz CT molecular complexity index is 384. The minimum absolute atomic E-state index is 0.156. The number of halogens is 3. The van der Waals surface area contributed by atoms with Crippen molar-refractivity contribution in [2.75, 3.05) is 13.7 Å². The zero-order valence-electron chi connectivity index (χ0n) is 8.38. The van der Waals surface area contributed by atoms with Crippen LogP contribution >= 0.6 is 43.5 Å². The van der Waals surface area contributed by atoms with Gasteiger partial charge in [0.2, 0.25) is 0 Å². The molecule has 16 heavy (non-hydrogen) atoms. The molecule has 0 N–H and O–H groups in total. The molecule has 0 bridgehead atoms. The van der Waals surface area contributed by atoms with E-state index in [9.17, 15) is 4.79 Å². The molecule has 3 nitrogen and oxygen atoms in total. The molecule has 0 spiro atoms. The first-order chi connectivity index (χ1) is 7.54. The number of ether oxygens (including phenoxy) is 2. The molecule has 1 unspecified atom stereocenters. The molecule has 1 rings (SSSR count). The van der Waals surface area contributed by atoms with Crippen LogP contribution in [0.3, 0.4) is 0 Å². The third-order valence-corrected chi connectivity index (χ3v) is 3.18. The summed E-state index contributed by atoms with van der Waals surface area (Å²) in [6.07, 6.45) is 0. The van der Waals surface area contributed by atoms with E-state index in [0.717, 1.165) is 4.47 Å². The molecular weight excluding hydrogens is 363 g/mol. The lowest BCUT2D eigenvalue weighted by atomic mass is 10.3. The summed E-state index contributed by atoms with van der Waals surface area (Å²) in [5, 5.41) is 0.493. The summed E-state index contributed by atoms with van der Waals surface area (Å²) in [5.41, 5.74) is 0. The molecular formula is C10H9Br2ClO3. The standard InChI is InChI=1S/C10H9Br2ClO3/c1-15-10(14)7(12)5-16-9-4-6(11)2-3-8(9)13/h2-4,7H,5H2,1H3. The quantitative estimate of drug-likeness (QED) is 0.600. The van der Waals surface area contributed by atoms with Crippen molar-refractivity contribution in [2.24, 2.45) is 0 Å². The van der Waals surface area contributed by atoms with Crippen LogP contribution in [0.1, 0.15) is 0 Å². The van der Waals surface area contributed by atoms with Gasteiger partial charge in [0.25, 0.3) is 0 Å². The van der Waals surface area contributed by atoms with Gasteiger partial charge >= 0.3 is 5.97 Å². The monoisotopic (exact) mass is 370 g/mol. The minimum atomic E-state index is -0.507. The molecule has 1 aromatic carbocycles. The molecule has 0 aromatic heterocycles. The van der Waals surface area contributed by atoms with Crippen LogP contribution in [-0.2, 0) is 9.53 Å². The summed E-state index contributed by atoms with van der Waals surface area (Å²) in [6.45, 7) is 0.156. The van der Waals surface area contributed by atoms with Gasteiger partial charge in [0, 0.05) is 4.47 Å². The second-order valence-corrected chi connectivity index (χ2v) is 5.30. The van der Waals surface area contributed by atoms with Gasteiger partial charge < -0.3 is 9.47 Å². The smallest absolute Gasteiger partial charge is 0.322 e. The van der Waals surface area contributed by atoms with E-state index in [1.54, 1.807) is 18.2 Å². The fourth-order valence-electron chi connectivity index (χ4n) is 0.947. The van der Waals surface area contributed by atoms with E-state index in [0.29, 0.717) is 10.8 Å². The van der Waals surface area contributed by atoms with E-state index in [2.05, 4.69) is 36.6 Å². The number of benzene rings is 1. The number of methoxy groups -OCH3 is 1. The maximum atomic E-state index is 11.1. The summed E-state index contributed by atoms with van der Waals surface area (Å²) in [4.78, 5) is 10.6. The number of esters is 1. The molecule has 1 atom stereocenters. The zero-order valence-corrected chi connectivity index (χ0v) is 12.3. The van der Waals surface area contributed by atoms with Gasteiger partial charge in [0.05, 0.1) is 12.1 Å². The molecule has 0 amide bonds. The van der Waals surface area contributed by atoms with Crippen LogP contribution in [0, 0.1) is 0 Å². The Hall–Kier alpha value is -0.260. The average Bonchev–Trinajstić information content (AvgIpc) is 2.28. The third-order valence-electron chi connectivity index (χ3n) is 1.74. The van der Waals surface area contributed by atoms with Crippen LogP contribution in [0.25, 0.3) is 0 Å². The molecule has 0 aliphatic rings. The Morgan fingerprint density at radius 3 is 2.88 bits per heavy atom. The molecule has 0 saturated heterocycles. The lowest BCUT2D eigenvalue weighted by molar-refractivity contribution is -0.140. The van der Waals surface area contributed by atoms with Crippen molar-refractivity contribution in [1.82, 2.24) is 0 Å². The van der Waals surface area contributed by atoms with Gasteiger partial charge in [-0.3, -0.25) is 4.79 Å². The van der Waals surface area contributed by atoms with E-state index in [-0.39, 0.29) is 12.6 Å². The van der Waals surface area contributed by atoms with E-state index < -0.39 is 4.83 Å². The topological polar surface area (TPSA) is 35.5 Å². The van der Waals surface area contributed by atoms with E-state index in [4.69, 9.17) is 16.3 Å². The van der Waals surface area contributed by atoms with Gasteiger partial charge in [-0.2, -0.15) is 0 Å². The number of rotatable bonds is 4. The van der Waals surface area contributed by atoms with E-state index >= 15 is 0 Å². The molecule has 0 aliphatic heterocycles. The number of carbonyl (C=O) groups is 1. The Kier molecular flexibility index (Phi) is 5.58. The first-order valence-corrected chi connectivity index (χ1v) is 6.43. The molecule has 1 aromatic rings. The first-order valence-electron chi connectivity index (χ1n) is 4.34. The second kappa shape index (κ2) is 6.47. The predicted molar refractivity (Wildman–Crippen MR) is 69.4 cm³/mol. The summed E-state index contributed by atoms with van der Waals surface area (Å²) in [6, 6.07) is 5.25. The molecule has 0 fully saturated rings. The number of alkyl halides is 1. The van der Waals surface area contributed by atoms with Gasteiger partial charge in [-0.15, -0.1) is 0 Å². The van der Waals surface area contributed by atoms with Crippen molar-refractivity contribution < 1.29 is 14.3 Å². The van der Waals surface area contributed by atoms with Crippen LogP contribution in [0.4, 0.5) is 0 Å². The summed E-state index contributed by atoms with van der Waals surface area (Å²) in [5.74, 6) is 0.135. The van der Waals surface area contributed by atoms with Crippen LogP contribution < -0.4 is 4.74 Å². The van der Waals surface area contributed by atoms with Crippen molar-refractivity contribution in [3.05, 3.63) is 27.7 Å². The summed E-state index contributed by atoms with van der Waals surface area (Å²) < 4.78 is 10.8. The van der Waals surface area contributed by atoms with Crippen molar-refractivity contribution >= 4 is 49.4 Å². The third kappa shape index (κ3) is 3.96. The zero-order chi connectivity index (χ0) is 12.1. The average molecular weight is 372 g/mol. The van der Waals surface area contributed by atoms with Crippen molar-refractivity contribution in [3.8, 4) is 5.75 Å². The Morgan fingerprint density at radius 1 is 1.56 bits per heavy atom. The van der Waals surface area contributed by atoms with Gasteiger partial charge in [0.1, 0.15) is 17.2 Å². The second-order valence-electron chi connectivity index (χ2n) is 2.88. The summed E-state index contributed by atoms with van der Waals surface area (Å²) >= 11 is 12.4. The van der Waals surface area contributed by atoms with Gasteiger partial charge in [-0.25, -0.2) is 0 Å². The fraction of sp³-hybridized carbons (Fsp3) is 0.300. The molecule has 6 heteroatoms. The molecule has 0 radical (unpaired) electrons. The van der Waals surface area contributed by atoms with Crippen molar-refractivity contribution in [1.29, 1.82) is 0 Å². The Morgan fingerprint density at radius 2 is 2.25 bits per heavy atom. The number of hydrogen-bond donors (Lipinski definition) is 0. The molecule has 0 saturated carbocycles. The van der Waals surface area contributed by atoms with E-state index in [1.165, 1.54) is 7.11 Å². The largest absolute Gasteiger partial charge is 0.490 e. The maximum absolute atomic E-state index is 11.1. The highest BCUT2D eigenvalue weighted by molar-refractivity contribution is 9.10. The number of hydrogen-bond acceptors (Lipinski definition) is 3. The lowest BCUT2D eigenvalue weighted by Gasteiger charge is -2.11. The fourth-order valence-corrected chi connectivity index (χ4v) is 1.78. The molecule has 0 heterocycles. The van der Waals surface area contributed by atoms with Crippen molar-refractivity contribution in [2.45, 2.75) is 4.83 Å². The number of carbonyl (C=O) groups excluding carboxylic acids is 1. The predicted octanol–water partition coefficient (Wildman–Crippen LogP) is 3.42. The normalized spacial score (nSPS) is 12.0. The highest BCUT2D eigenvalue weighted by Gasteiger charge is 2.16. The first kappa shape index (κ1) is 13.8. The maximum Gasteiger partial charge on any atom is 0.322 e. The summed E-state index contributed by atoms with van der Waals surface area (Å²) in [7, 11) is 1.32. The minimum Gasteiger partial charge on any atom is -0.490 e. The highest BCUT2D eigenvalue weighted by atomic mass is 79.9. The van der Waals surface area contributed by atoms with Crippen LogP contribution in [-0.4, -0.2) is 24.5 Å². The highest BCUT2D eigenvalue weighted by Crippen LogP contribution is 2.28. The Balaban J connectivity index is 2.60. The van der Waals surface area contributed by atoms with E-state index in [1.807, 2.05) is 0 Å². The van der Waals surface area contributed by atoms with Gasteiger partial charge in [0.15, 0.2) is 0 Å². The van der Waals surface area contributed by atoms with Gasteiger partial charge in [-0.05, 0) is 18.2 Å². The molecule has 88 valence electrons. The SMILES string of the molecule is COC(=O)C(Br)COc1cc(Br)ccc1Cl. The van der Waals surface area contributed by atoms with Crippen LogP contribution in [0.2, 0.25) is 5.02 Å². The molecule has 0 aliphatic carbocycles. The van der Waals surface area contributed by atoms with Gasteiger partial charge in [-0.1, -0.05) is 43.5 Å². The van der Waals surface area contributed by atoms with Crippen LogP contribution in [0.5, 0.6) is 5.75 Å². The Labute approximate surface area is 115 Å². The van der Waals surface area contributed by atoms with Crippen molar-refractivity contribution in [3.63, 3.8) is 0 Å². The van der Waals surface area contributed by atoms with Crippen LogP contribution in [0.15, 0.2) is 22.7 Å².